The molecule has 0 aliphatic carbocycles. The van der Waals surface area contributed by atoms with Crippen molar-refractivity contribution in [1.82, 2.24) is 0 Å². The molecular weight excluding hydrogens is 273 g/mol. The van der Waals surface area contributed by atoms with E-state index in [0.29, 0.717) is 28.6 Å². The number of aliphatic hydroxyl groups excluding tert-OH is 1. The minimum atomic E-state index is -0.945. The molecule has 1 aromatic rings. The zero-order valence-corrected chi connectivity index (χ0v) is 11.2. The smallest absolute Gasteiger partial charge is 0.111 e. The third-order valence-corrected chi connectivity index (χ3v) is 3.65. The number of rotatable bonds is 2. The van der Waals surface area contributed by atoms with E-state index < -0.39 is 11.5 Å². The fourth-order valence-corrected chi connectivity index (χ4v) is 2.78. The topological polar surface area (TPSA) is 53.2 Å². The molecule has 0 spiro atoms. The summed E-state index contributed by atoms with van der Waals surface area (Å²) in [6.45, 7) is 0.862. The van der Waals surface area contributed by atoms with Gasteiger partial charge in [-0.25, -0.2) is 0 Å². The minimum absolute atomic E-state index is 0.231. The van der Waals surface area contributed by atoms with E-state index in [1.807, 2.05) is 0 Å². The molecule has 2 unspecified atom stereocenters. The lowest BCUT2D eigenvalue weighted by molar-refractivity contribution is -0.0505. The largest absolute Gasteiger partial charge is 0.387 e. The van der Waals surface area contributed by atoms with Crippen molar-refractivity contribution >= 4 is 23.2 Å². The van der Waals surface area contributed by atoms with E-state index in [4.69, 9.17) is 27.9 Å². The first-order chi connectivity index (χ1) is 8.57. The van der Waals surface area contributed by atoms with Gasteiger partial charge in [0, 0.05) is 16.7 Å². The van der Waals surface area contributed by atoms with Gasteiger partial charge in [0.2, 0.25) is 0 Å². The van der Waals surface area contributed by atoms with Gasteiger partial charge in [-0.3, -0.25) is 0 Å². The van der Waals surface area contributed by atoms with Crippen molar-refractivity contribution < 1.29 is 9.84 Å². The molecule has 96 valence electrons. The van der Waals surface area contributed by atoms with E-state index in [-0.39, 0.29) is 6.61 Å². The van der Waals surface area contributed by atoms with E-state index in [9.17, 15) is 10.4 Å². The molecule has 0 saturated carbocycles. The van der Waals surface area contributed by atoms with Gasteiger partial charge in [-0.1, -0.05) is 23.2 Å². The highest BCUT2D eigenvalue weighted by Crippen LogP contribution is 2.41. The van der Waals surface area contributed by atoms with Crippen LogP contribution in [0.2, 0.25) is 10.0 Å². The van der Waals surface area contributed by atoms with Crippen LogP contribution >= 0.6 is 23.2 Å². The maximum Gasteiger partial charge on any atom is 0.111 e. The SMILES string of the molecule is N#CC1(C(O)c2cc(Cl)cc(Cl)c2)CCCOC1. The summed E-state index contributed by atoms with van der Waals surface area (Å²) >= 11 is 11.8. The second-order valence-electron chi connectivity index (χ2n) is 4.53. The predicted octanol–water partition coefficient (Wildman–Crippen LogP) is 3.35. The molecular formula is C13H13Cl2NO2. The first kappa shape index (κ1) is 13.6. The molecule has 1 N–H and O–H groups in total. The average Bonchev–Trinajstić information content (AvgIpc) is 2.37. The Morgan fingerprint density at radius 2 is 2.00 bits per heavy atom. The number of hydrogen-bond acceptors (Lipinski definition) is 3. The van der Waals surface area contributed by atoms with Gasteiger partial charge in [0.05, 0.1) is 18.8 Å². The zero-order valence-electron chi connectivity index (χ0n) is 9.70. The van der Waals surface area contributed by atoms with Crippen LogP contribution in [0.1, 0.15) is 24.5 Å². The number of nitrogens with zero attached hydrogens (tertiary/aromatic N) is 1. The third-order valence-electron chi connectivity index (χ3n) is 3.22. The monoisotopic (exact) mass is 285 g/mol. The molecule has 1 fully saturated rings. The van der Waals surface area contributed by atoms with Crippen LogP contribution in [-0.2, 0) is 4.74 Å². The van der Waals surface area contributed by atoms with Crippen molar-refractivity contribution in [2.75, 3.05) is 13.2 Å². The molecule has 18 heavy (non-hydrogen) atoms. The molecule has 1 heterocycles. The zero-order chi connectivity index (χ0) is 13.2. The van der Waals surface area contributed by atoms with Crippen molar-refractivity contribution in [2.45, 2.75) is 18.9 Å². The highest BCUT2D eigenvalue weighted by molar-refractivity contribution is 6.34. The maximum atomic E-state index is 10.4. The molecule has 1 saturated heterocycles. The molecule has 1 aliphatic rings. The molecule has 2 rings (SSSR count). The first-order valence-electron chi connectivity index (χ1n) is 5.70. The molecule has 0 aromatic heterocycles. The molecule has 1 aliphatic heterocycles. The van der Waals surface area contributed by atoms with Gasteiger partial charge in [0.25, 0.3) is 0 Å². The minimum Gasteiger partial charge on any atom is -0.387 e. The van der Waals surface area contributed by atoms with Gasteiger partial charge in [-0.15, -0.1) is 0 Å². The first-order valence-corrected chi connectivity index (χ1v) is 6.46. The Morgan fingerprint density at radius 3 is 2.50 bits per heavy atom. The van der Waals surface area contributed by atoms with Crippen LogP contribution in [0.4, 0.5) is 0 Å². The Hall–Kier alpha value is -0.790. The van der Waals surface area contributed by atoms with E-state index in [1.165, 1.54) is 0 Å². The summed E-state index contributed by atoms with van der Waals surface area (Å²) in [7, 11) is 0. The molecule has 0 amide bonds. The molecule has 2 atom stereocenters. The molecule has 1 aromatic carbocycles. The summed E-state index contributed by atoms with van der Waals surface area (Å²) in [5, 5.41) is 20.7. The lowest BCUT2D eigenvalue weighted by Gasteiger charge is -2.35. The number of halogens is 2. The van der Waals surface area contributed by atoms with Crippen molar-refractivity contribution in [1.29, 1.82) is 5.26 Å². The summed E-state index contributed by atoms with van der Waals surface area (Å²) in [5.41, 5.74) is -0.355. The molecule has 3 nitrogen and oxygen atoms in total. The number of benzene rings is 1. The van der Waals surface area contributed by atoms with Crippen LogP contribution in [0.3, 0.4) is 0 Å². The summed E-state index contributed by atoms with van der Waals surface area (Å²) in [5.74, 6) is 0. The summed E-state index contributed by atoms with van der Waals surface area (Å²) in [6, 6.07) is 7.05. The van der Waals surface area contributed by atoms with E-state index in [2.05, 4.69) is 6.07 Å². The summed E-state index contributed by atoms with van der Waals surface area (Å²) in [4.78, 5) is 0. The van der Waals surface area contributed by atoms with Gasteiger partial charge >= 0.3 is 0 Å². The number of ether oxygens (including phenoxy) is 1. The predicted molar refractivity (Wildman–Crippen MR) is 69.5 cm³/mol. The average molecular weight is 286 g/mol. The standard InChI is InChI=1S/C13H13Cl2NO2/c14-10-4-9(5-11(15)6-10)12(17)13(7-16)2-1-3-18-8-13/h4-6,12,17H,1-3,8H2. The van der Waals surface area contributed by atoms with E-state index in [1.54, 1.807) is 18.2 Å². The Balaban J connectivity index is 2.34. The Morgan fingerprint density at radius 1 is 1.33 bits per heavy atom. The van der Waals surface area contributed by atoms with Crippen LogP contribution in [0.5, 0.6) is 0 Å². The normalized spacial score (nSPS) is 25.4. The fraction of sp³-hybridized carbons (Fsp3) is 0.462. The van der Waals surface area contributed by atoms with Crippen LogP contribution in [-0.4, -0.2) is 18.3 Å². The van der Waals surface area contributed by atoms with Gasteiger partial charge in [-0.2, -0.15) is 5.26 Å². The van der Waals surface area contributed by atoms with Gasteiger partial charge in [0.1, 0.15) is 5.41 Å². The lowest BCUT2D eigenvalue weighted by Crippen LogP contribution is -2.36. The second kappa shape index (κ2) is 5.46. The molecule has 5 heteroatoms. The third kappa shape index (κ3) is 2.62. The van der Waals surface area contributed by atoms with Gasteiger partial charge < -0.3 is 9.84 Å². The summed E-state index contributed by atoms with van der Waals surface area (Å²) in [6.07, 6.45) is 0.423. The van der Waals surface area contributed by atoms with E-state index in [0.717, 1.165) is 6.42 Å². The number of nitriles is 1. The van der Waals surface area contributed by atoms with Crippen molar-refractivity contribution in [2.24, 2.45) is 5.41 Å². The quantitative estimate of drug-likeness (QED) is 0.907. The van der Waals surface area contributed by atoms with Crippen LogP contribution < -0.4 is 0 Å². The molecule has 0 bridgehead atoms. The summed E-state index contributed by atoms with van der Waals surface area (Å²) < 4.78 is 5.33. The molecule has 0 radical (unpaired) electrons. The Labute approximate surface area is 116 Å². The second-order valence-corrected chi connectivity index (χ2v) is 5.40. The van der Waals surface area contributed by atoms with Gasteiger partial charge in [0.15, 0.2) is 0 Å². The fourth-order valence-electron chi connectivity index (χ4n) is 2.23. The highest BCUT2D eigenvalue weighted by Gasteiger charge is 2.41. The van der Waals surface area contributed by atoms with E-state index >= 15 is 0 Å². The van der Waals surface area contributed by atoms with Gasteiger partial charge in [-0.05, 0) is 36.6 Å². The Bertz CT molecular complexity index is 458. The number of hydrogen-bond donors (Lipinski definition) is 1. The highest BCUT2D eigenvalue weighted by atomic mass is 35.5. The van der Waals surface area contributed by atoms with Crippen LogP contribution in [0.15, 0.2) is 18.2 Å². The van der Waals surface area contributed by atoms with Crippen molar-refractivity contribution in [3.8, 4) is 6.07 Å². The number of aliphatic hydroxyl groups is 1. The lowest BCUT2D eigenvalue weighted by atomic mass is 9.76. The van der Waals surface area contributed by atoms with Crippen molar-refractivity contribution in [3.63, 3.8) is 0 Å². The Kier molecular flexibility index (Phi) is 4.14. The van der Waals surface area contributed by atoms with Crippen LogP contribution in [0.25, 0.3) is 0 Å². The van der Waals surface area contributed by atoms with Crippen molar-refractivity contribution in [3.05, 3.63) is 33.8 Å². The van der Waals surface area contributed by atoms with Crippen LogP contribution in [0, 0.1) is 16.7 Å². The maximum absolute atomic E-state index is 10.4.